The maximum atomic E-state index is 13.5. The SMILES string of the molecule is O=C(CCC1=Cc2ccccc2OC1)c1csc(C2CCN(C(=O)c3ccccc3-c3ccc(C(F)(F)F)cc3)CC2)n1. The molecule has 9 heteroatoms. The molecule has 0 aliphatic carbocycles. The standard InChI is InChI=1S/C34H29F3N2O3S/c35-34(36,37)26-12-10-23(11-13-26)27-6-2-3-7-28(27)33(41)39-17-15-24(16-18-39)32-38-29(21-43-32)30(40)14-9-22-19-25-5-1-4-8-31(25)42-20-22/h1-8,10-13,19,21,24H,9,14-18,20H2. The quantitative estimate of drug-likeness (QED) is 0.200. The fourth-order valence-electron chi connectivity index (χ4n) is 5.57. The van der Waals surface area contributed by atoms with Crippen LogP contribution >= 0.6 is 11.3 Å². The minimum atomic E-state index is -4.42. The number of hydrogen-bond donors (Lipinski definition) is 0. The number of alkyl halides is 3. The summed E-state index contributed by atoms with van der Waals surface area (Å²) in [7, 11) is 0. The summed E-state index contributed by atoms with van der Waals surface area (Å²) < 4.78 is 44.9. The van der Waals surface area contributed by atoms with Gasteiger partial charge in [-0.05, 0) is 66.3 Å². The van der Waals surface area contributed by atoms with Crippen molar-refractivity contribution >= 4 is 29.1 Å². The molecule has 1 aromatic heterocycles. The highest BCUT2D eigenvalue weighted by atomic mass is 32.1. The Hall–Kier alpha value is -4.24. The zero-order chi connectivity index (χ0) is 30.0. The van der Waals surface area contributed by atoms with E-state index in [-0.39, 0.29) is 17.6 Å². The lowest BCUT2D eigenvalue weighted by molar-refractivity contribution is -0.137. The Morgan fingerprint density at radius 3 is 2.44 bits per heavy atom. The molecule has 5 nitrogen and oxygen atoms in total. The van der Waals surface area contributed by atoms with Gasteiger partial charge in [-0.3, -0.25) is 9.59 Å². The number of halogens is 3. The molecule has 3 aromatic carbocycles. The van der Waals surface area contributed by atoms with Gasteiger partial charge < -0.3 is 9.64 Å². The largest absolute Gasteiger partial charge is 0.489 e. The normalized spacial score (nSPS) is 15.4. The average Bonchev–Trinajstić information content (AvgIpc) is 3.54. The molecule has 0 radical (unpaired) electrons. The molecule has 0 bridgehead atoms. The summed E-state index contributed by atoms with van der Waals surface area (Å²) in [5.41, 5.74) is 3.50. The van der Waals surface area contributed by atoms with E-state index in [9.17, 15) is 22.8 Å². The topological polar surface area (TPSA) is 59.5 Å². The average molecular weight is 603 g/mol. The van der Waals surface area contributed by atoms with E-state index in [2.05, 4.69) is 11.1 Å². The van der Waals surface area contributed by atoms with E-state index in [1.54, 1.807) is 29.2 Å². The number of benzene rings is 3. The van der Waals surface area contributed by atoms with Crippen LogP contribution in [0.5, 0.6) is 5.75 Å². The van der Waals surface area contributed by atoms with Crippen LogP contribution in [0.1, 0.15) is 68.6 Å². The number of nitrogens with zero attached hydrogens (tertiary/aromatic N) is 2. The molecule has 6 rings (SSSR count). The lowest BCUT2D eigenvalue weighted by atomic mass is 9.94. The third kappa shape index (κ3) is 6.41. The number of Topliss-reactive ketones (excluding diaryl/α,β-unsaturated/α-hetero) is 1. The molecule has 1 fully saturated rings. The van der Waals surface area contributed by atoms with Gasteiger partial charge in [0.2, 0.25) is 0 Å². The van der Waals surface area contributed by atoms with Gasteiger partial charge in [0.25, 0.3) is 5.91 Å². The summed E-state index contributed by atoms with van der Waals surface area (Å²) in [5.74, 6) is 0.881. The van der Waals surface area contributed by atoms with E-state index in [0.717, 1.165) is 46.9 Å². The van der Waals surface area contributed by atoms with Gasteiger partial charge in [0.05, 0.1) is 10.6 Å². The first-order valence-electron chi connectivity index (χ1n) is 14.2. The third-order valence-electron chi connectivity index (χ3n) is 7.98. The van der Waals surface area contributed by atoms with Gasteiger partial charge in [-0.15, -0.1) is 11.3 Å². The van der Waals surface area contributed by atoms with Crippen molar-refractivity contribution in [3.8, 4) is 16.9 Å². The molecule has 2 aliphatic rings. The molecule has 0 saturated carbocycles. The van der Waals surface area contributed by atoms with Crippen molar-refractivity contribution in [1.29, 1.82) is 0 Å². The number of fused-ring (bicyclic) bond motifs is 1. The molecular formula is C34H29F3N2O3S. The monoisotopic (exact) mass is 602 g/mol. The number of rotatable bonds is 7. The second-order valence-corrected chi connectivity index (χ2v) is 11.7. The molecule has 0 N–H and O–H groups in total. The van der Waals surface area contributed by atoms with Gasteiger partial charge in [-0.25, -0.2) is 4.98 Å². The van der Waals surface area contributed by atoms with Crippen LogP contribution in [0, 0.1) is 0 Å². The van der Waals surface area contributed by atoms with E-state index in [4.69, 9.17) is 4.74 Å². The van der Waals surface area contributed by atoms with Gasteiger partial charge in [0.1, 0.15) is 18.1 Å². The van der Waals surface area contributed by atoms with Crippen LogP contribution < -0.4 is 4.74 Å². The van der Waals surface area contributed by atoms with Crippen molar-refractivity contribution in [2.75, 3.05) is 19.7 Å². The number of carbonyl (C=O) groups excluding carboxylic acids is 2. The molecular weight excluding hydrogens is 573 g/mol. The Labute approximate surface area is 251 Å². The highest BCUT2D eigenvalue weighted by Crippen LogP contribution is 2.35. The summed E-state index contributed by atoms with van der Waals surface area (Å²) in [4.78, 5) is 32.9. The Morgan fingerprint density at radius 1 is 0.953 bits per heavy atom. The van der Waals surface area contributed by atoms with Gasteiger partial charge in [0, 0.05) is 41.9 Å². The van der Waals surface area contributed by atoms with Crippen molar-refractivity contribution in [1.82, 2.24) is 9.88 Å². The Kier molecular flexibility index (Phi) is 8.17. The van der Waals surface area contributed by atoms with Crippen molar-refractivity contribution < 1.29 is 27.5 Å². The molecule has 1 saturated heterocycles. The molecule has 0 atom stereocenters. The summed E-state index contributed by atoms with van der Waals surface area (Å²) in [6.07, 6.45) is 0.104. The molecule has 0 spiro atoms. The smallest absolute Gasteiger partial charge is 0.416 e. The summed E-state index contributed by atoms with van der Waals surface area (Å²) in [6, 6.07) is 19.7. The minimum absolute atomic E-state index is 0.00902. The fraction of sp³-hybridized carbons (Fsp3) is 0.265. The highest BCUT2D eigenvalue weighted by Gasteiger charge is 2.31. The summed E-state index contributed by atoms with van der Waals surface area (Å²) in [6.45, 7) is 1.55. The minimum Gasteiger partial charge on any atom is -0.489 e. The first-order chi connectivity index (χ1) is 20.8. The van der Waals surface area contributed by atoms with Gasteiger partial charge in [-0.2, -0.15) is 13.2 Å². The van der Waals surface area contributed by atoms with Crippen molar-refractivity contribution in [2.45, 2.75) is 37.8 Å². The first-order valence-corrected chi connectivity index (χ1v) is 15.1. The Morgan fingerprint density at radius 2 is 1.67 bits per heavy atom. The van der Waals surface area contributed by atoms with Gasteiger partial charge >= 0.3 is 6.18 Å². The zero-order valence-corrected chi connectivity index (χ0v) is 24.1. The number of para-hydroxylation sites is 1. The number of hydrogen-bond acceptors (Lipinski definition) is 5. The number of likely N-dealkylation sites (tertiary alicyclic amines) is 1. The maximum Gasteiger partial charge on any atom is 0.416 e. The Bertz CT molecular complexity index is 1670. The van der Waals surface area contributed by atoms with Crippen LogP contribution in [-0.4, -0.2) is 41.3 Å². The van der Waals surface area contributed by atoms with E-state index in [1.165, 1.54) is 23.5 Å². The van der Waals surface area contributed by atoms with Crippen LogP contribution in [0.25, 0.3) is 17.2 Å². The van der Waals surface area contributed by atoms with Gasteiger partial charge in [-0.1, -0.05) is 48.5 Å². The maximum absolute atomic E-state index is 13.5. The lowest BCUT2D eigenvalue weighted by Crippen LogP contribution is -2.38. The highest BCUT2D eigenvalue weighted by molar-refractivity contribution is 7.09. The van der Waals surface area contributed by atoms with E-state index < -0.39 is 11.7 Å². The molecule has 1 amide bonds. The second-order valence-electron chi connectivity index (χ2n) is 10.8. The summed E-state index contributed by atoms with van der Waals surface area (Å²) in [5, 5.41) is 2.74. The van der Waals surface area contributed by atoms with Crippen LogP contribution in [0.15, 0.2) is 83.7 Å². The van der Waals surface area contributed by atoms with Crippen molar-refractivity contribution in [3.63, 3.8) is 0 Å². The Balaban J connectivity index is 1.05. The van der Waals surface area contributed by atoms with Crippen molar-refractivity contribution in [2.24, 2.45) is 0 Å². The third-order valence-corrected chi connectivity index (χ3v) is 8.99. The lowest BCUT2D eigenvalue weighted by Gasteiger charge is -2.31. The number of thiazole rings is 1. The van der Waals surface area contributed by atoms with Crippen LogP contribution in [0.2, 0.25) is 0 Å². The molecule has 220 valence electrons. The van der Waals surface area contributed by atoms with Crippen LogP contribution in [-0.2, 0) is 6.18 Å². The fourth-order valence-corrected chi connectivity index (χ4v) is 6.57. The number of amides is 1. The van der Waals surface area contributed by atoms with E-state index in [1.807, 2.05) is 29.6 Å². The first kappa shape index (κ1) is 28.9. The number of carbonyl (C=O) groups is 2. The number of piperidine rings is 1. The predicted octanol–water partition coefficient (Wildman–Crippen LogP) is 8.29. The number of ether oxygens (including phenoxy) is 1. The zero-order valence-electron chi connectivity index (χ0n) is 23.3. The molecule has 0 unspecified atom stereocenters. The van der Waals surface area contributed by atoms with Gasteiger partial charge in [0.15, 0.2) is 5.78 Å². The predicted molar refractivity (Wildman–Crippen MR) is 160 cm³/mol. The second kappa shape index (κ2) is 12.2. The molecule has 43 heavy (non-hydrogen) atoms. The molecule has 3 heterocycles. The number of aromatic nitrogens is 1. The summed E-state index contributed by atoms with van der Waals surface area (Å²) >= 11 is 1.49. The van der Waals surface area contributed by atoms with Crippen LogP contribution in [0.4, 0.5) is 13.2 Å². The van der Waals surface area contributed by atoms with Crippen LogP contribution in [0.3, 0.4) is 0 Å². The molecule has 2 aliphatic heterocycles. The van der Waals surface area contributed by atoms with Crippen molar-refractivity contribution in [3.05, 3.63) is 111 Å². The van der Waals surface area contributed by atoms with E-state index in [0.29, 0.717) is 54.9 Å². The van der Waals surface area contributed by atoms with E-state index >= 15 is 0 Å². The number of ketones is 1. The molecule has 4 aromatic rings.